The number of hydrogen-bond acceptors (Lipinski definition) is 1. The minimum Gasteiger partial charge on any atom is -1.00 e. The van der Waals surface area contributed by atoms with Gasteiger partial charge in [-0.2, -0.15) is 0 Å². The third-order valence-corrected chi connectivity index (χ3v) is 2.89. The Morgan fingerprint density at radius 3 is 2.23 bits per heavy atom. The topological polar surface area (TPSA) is 20.2 Å². The van der Waals surface area contributed by atoms with Gasteiger partial charge in [0.2, 0.25) is 0 Å². The van der Waals surface area contributed by atoms with E-state index in [2.05, 4.69) is 20.7 Å². The maximum atomic E-state index is 10.0. The smallest absolute Gasteiger partial charge is 0.0810 e. The van der Waals surface area contributed by atoms with Gasteiger partial charge in [-0.3, -0.25) is 0 Å². The molecule has 2 nitrogen and oxygen atoms in total. The van der Waals surface area contributed by atoms with Gasteiger partial charge in [-0.25, -0.2) is 0 Å². The molecule has 0 aliphatic carbocycles. The molecule has 0 radical (unpaired) electrons. The molecule has 1 heterocycles. The van der Waals surface area contributed by atoms with Crippen molar-refractivity contribution in [1.82, 2.24) is 0 Å². The highest BCUT2D eigenvalue weighted by molar-refractivity contribution is 4.88. The molecule has 13 heavy (non-hydrogen) atoms. The van der Waals surface area contributed by atoms with Crippen molar-refractivity contribution in [3.8, 4) is 0 Å². The molecule has 1 aliphatic heterocycles. The van der Waals surface area contributed by atoms with E-state index in [1.807, 2.05) is 6.08 Å². The monoisotopic (exact) mass is 249 g/mol. The van der Waals surface area contributed by atoms with Crippen LogP contribution in [0.3, 0.4) is 0 Å². The summed E-state index contributed by atoms with van der Waals surface area (Å²) in [6.45, 7) is 5.82. The van der Waals surface area contributed by atoms with Crippen molar-refractivity contribution in [2.75, 3.05) is 27.2 Å². The minimum atomic E-state index is -0.449. The van der Waals surface area contributed by atoms with Gasteiger partial charge in [-0.15, -0.1) is 6.58 Å². The van der Waals surface area contributed by atoms with E-state index in [0.29, 0.717) is 0 Å². The van der Waals surface area contributed by atoms with Crippen LogP contribution in [0.1, 0.15) is 19.3 Å². The van der Waals surface area contributed by atoms with Crippen molar-refractivity contribution in [3.63, 3.8) is 0 Å². The van der Waals surface area contributed by atoms with Crippen LogP contribution < -0.4 is 17.0 Å². The van der Waals surface area contributed by atoms with Crippen LogP contribution in [0.5, 0.6) is 0 Å². The molecule has 0 amide bonds. The Labute approximate surface area is 91.6 Å². The van der Waals surface area contributed by atoms with Crippen molar-refractivity contribution >= 4 is 0 Å². The zero-order valence-electron chi connectivity index (χ0n) is 8.59. The maximum absolute atomic E-state index is 10.0. The lowest BCUT2D eigenvalue weighted by molar-refractivity contribution is -0.897. The predicted molar refractivity (Wildman–Crippen MR) is 50.8 cm³/mol. The second-order valence-corrected chi connectivity index (χ2v) is 4.60. The standard InChI is InChI=1S/C10H20NO.BrH/c1-4-5-10(12)6-8-11(2,3)9-7-10;/h4,12H,1,5-9H2,2-3H3;1H/q+1;/p-1. The van der Waals surface area contributed by atoms with Crippen LogP contribution >= 0.6 is 0 Å². The lowest BCUT2D eigenvalue weighted by atomic mass is 9.87. The van der Waals surface area contributed by atoms with Gasteiger partial charge in [-0.1, -0.05) is 6.08 Å². The normalized spacial score (nSPS) is 24.5. The zero-order chi connectivity index (χ0) is 9.24. The van der Waals surface area contributed by atoms with Crippen molar-refractivity contribution in [2.24, 2.45) is 0 Å². The third kappa shape index (κ3) is 3.79. The number of piperidine rings is 1. The summed E-state index contributed by atoms with van der Waals surface area (Å²) in [6.07, 6.45) is 4.39. The lowest BCUT2D eigenvalue weighted by Gasteiger charge is -2.41. The van der Waals surface area contributed by atoms with Crippen LogP contribution in [0.2, 0.25) is 0 Å². The van der Waals surface area contributed by atoms with E-state index in [4.69, 9.17) is 0 Å². The Kier molecular flexibility index (Phi) is 4.63. The van der Waals surface area contributed by atoms with E-state index in [0.717, 1.165) is 36.8 Å². The molecule has 0 unspecified atom stereocenters. The highest BCUT2D eigenvalue weighted by atomic mass is 79.9. The molecule has 78 valence electrons. The fourth-order valence-electron chi connectivity index (χ4n) is 1.73. The number of quaternary nitrogens is 1. The highest BCUT2D eigenvalue weighted by Crippen LogP contribution is 2.27. The molecule has 1 saturated heterocycles. The first-order chi connectivity index (χ1) is 5.47. The molecule has 3 heteroatoms. The summed E-state index contributed by atoms with van der Waals surface area (Å²) in [5.74, 6) is 0. The summed E-state index contributed by atoms with van der Waals surface area (Å²) >= 11 is 0. The van der Waals surface area contributed by atoms with E-state index in [1.165, 1.54) is 0 Å². The number of halogens is 1. The molecular formula is C10H20BrNO. The highest BCUT2D eigenvalue weighted by Gasteiger charge is 2.35. The van der Waals surface area contributed by atoms with Crippen LogP contribution in [0, 0.1) is 0 Å². The van der Waals surface area contributed by atoms with Gasteiger partial charge >= 0.3 is 0 Å². The summed E-state index contributed by atoms with van der Waals surface area (Å²) in [4.78, 5) is 0. The van der Waals surface area contributed by atoms with Gasteiger partial charge in [-0.05, 0) is 6.42 Å². The van der Waals surface area contributed by atoms with Crippen LogP contribution in [0.4, 0.5) is 0 Å². The maximum Gasteiger partial charge on any atom is 0.0810 e. The van der Waals surface area contributed by atoms with Gasteiger partial charge in [0.25, 0.3) is 0 Å². The number of hydrogen-bond donors (Lipinski definition) is 1. The van der Waals surface area contributed by atoms with Gasteiger partial charge in [0, 0.05) is 12.8 Å². The summed E-state index contributed by atoms with van der Waals surface area (Å²) in [6, 6.07) is 0. The molecule has 1 rings (SSSR count). The molecule has 0 bridgehead atoms. The number of likely N-dealkylation sites (tertiary alicyclic amines) is 1. The molecular weight excluding hydrogens is 230 g/mol. The molecule has 0 aromatic rings. The third-order valence-electron chi connectivity index (χ3n) is 2.89. The van der Waals surface area contributed by atoms with Crippen molar-refractivity contribution in [2.45, 2.75) is 24.9 Å². The van der Waals surface area contributed by atoms with Crippen LogP contribution in [-0.4, -0.2) is 42.4 Å². The van der Waals surface area contributed by atoms with Crippen molar-refractivity contribution < 1.29 is 26.6 Å². The van der Waals surface area contributed by atoms with Crippen LogP contribution in [0.25, 0.3) is 0 Å². The van der Waals surface area contributed by atoms with E-state index in [9.17, 15) is 5.11 Å². The fourth-order valence-corrected chi connectivity index (χ4v) is 1.73. The van der Waals surface area contributed by atoms with Crippen molar-refractivity contribution in [1.29, 1.82) is 0 Å². The Morgan fingerprint density at radius 2 is 1.85 bits per heavy atom. The summed E-state index contributed by atoms with van der Waals surface area (Å²) < 4.78 is 1.04. The first-order valence-electron chi connectivity index (χ1n) is 4.63. The Hall–Kier alpha value is 0.140. The number of aliphatic hydroxyl groups is 1. The Bertz CT molecular complexity index is 170. The summed E-state index contributed by atoms with van der Waals surface area (Å²) in [5, 5.41) is 10.0. The fraction of sp³-hybridized carbons (Fsp3) is 0.800. The molecule has 0 atom stereocenters. The van der Waals surface area contributed by atoms with E-state index in [-0.39, 0.29) is 17.0 Å². The Balaban J connectivity index is 0.00000144. The Morgan fingerprint density at radius 1 is 1.38 bits per heavy atom. The molecule has 0 aromatic carbocycles. The van der Waals surface area contributed by atoms with E-state index in [1.54, 1.807) is 0 Å². The molecule has 0 aromatic heterocycles. The quantitative estimate of drug-likeness (QED) is 0.451. The second kappa shape index (κ2) is 4.58. The van der Waals surface area contributed by atoms with E-state index < -0.39 is 5.60 Å². The van der Waals surface area contributed by atoms with Crippen LogP contribution in [-0.2, 0) is 0 Å². The average Bonchev–Trinajstić information content (AvgIpc) is 1.98. The predicted octanol–water partition coefficient (Wildman–Crippen LogP) is -1.83. The van der Waals surface area contributed by atoms with Crippen LogP contribution in [0.15, 0.2) is 12.7 Å². The van der Waals surface area contributed by atoms with E-state index >= 15 is 0 Å². The molecule has 1 aliphatic rings. The number of nitrogens with zero attached hydrogens (tertiary/aromatic N) is 1. The molecule has 1 N–H and O–H groups in total. The van der Waals surface area contributed by atoms with Gasteiger partial charge in [0.1, 0.15) is 0 Å². The summed E-state index contributed by atoms with van der Waals surface area (Å²) in [7, 11) is 4.43. The molecule has 1 fully saturated rings. The zero-order valence-corrected chi connectivity index (χ0v) is 10.2. The first-order valence-corrected chi connectivity index (χ1v) is 4.63. The van der Waals surface area contributed by atoms with Crippen molar-refractivity contribution in [3.05, 3.63) is 12.7 Å². The molecule has 0 saturated carbocycles. The molecule has 0 spiro atoms. The first kappa shape index (κ1) is 13.1. The second-order valence-electron chi connectivity index (χ2n) is 4.60. The lowest BCUT2D eigenvalue weighted by Crippen LogP contribution is -3.00. The minimum absolute atomic E-state index is 0. The SMILES string of the molecule is C=CCC1(O)CC[N+](C)(C)CC1.[Br-]. The average molecular weight is 250 g/mol. The van der Waals surface area contributed by atoms with Gasteiger partial charge in [0.05, 0.1) is 32.8 Å². The largest absolute Gasteiger partial charge is 1.00 e. The van der Waals surface area contributed by atoms with Gasteiger partial charge < -0.3 is 26.6 Å². The van der Waals surface area contributed by atoms with Gasteiger partial charge in [0.15, 0.2) is 0 Å². The summed E-state index contributed by atoms with van der Waals surface area (Å²) in [5.41, 5.74) is -0.449. The number of rotatable bonds is 2.